The first-order chi connectivity index (χ1) is 13.4. The summed E-state index contributed by atoms with van der Waals surface area (Å²) in [6.07, 6.45) is 6.61. The van der Waals surface area contributed by atoms with Gasteiger partial charge in [-0.25, -0.2) is 0 Å². The lowest BCUT2D eigenvalue weighted by Gasteiger charge is -2.44. The van der Waals surface area contributed by atoms with Crippen LogP contribution in [0.3, 0.4) is 0 Å². The molecule has 0 saturated heterocycles. The molecule has 0 bridgehead atoms. The van der Waals surface area contributed by atoms with Crippen molar-refractivity contribution >= 4 is 21.9 Å². The SMILES string of the molecule is C=C(COC(=O)C(C)(C)C)[C@@H](C)[C@H](O)C[C@@H](C)[C@H]1CC[C@H]2C(=CBr)CCC[C@]12C. The summed E-state index contributed by atoms with van der Waals surface area (Å²) in [6.45, 7) is 16.6. The number of carbonyl (C=O) groups excluding carboxylic acids is 1. The van der Waals surface area contributed by atoms with Gasteiger partial charge in [0.15, 0.2) is 0 Å². The van der Waals surface area contributed by atoms with E-state index in [1.54, 1.807) is 5.57 Å². The average Bonchev–Trinajstić information content (AvgIpc) is 3.01. The first kappa shape index (κ1) is 24.7. The number of halogens is 1. The van der Waals surface area contributed by atoms with Crippen LogP contribution in [0.5, 0.6) is 0 Å². The van der Waals surface area contributed by atoms with Crippen LogP contribution in [0.2, 0.25) is 0 Å². The molecule has 2 fully saturated rings. The molecule has 3 nitrogen and oxygen atoms in total. The number of carbonyl (C=O) groups is 1. The molecule has 0 unspecified atom stereocenters. The molecule has 4 heteroatoms. The van der Waals surface area contributed by atoms with E-state index in [0.717, 1.165) is 12.0 Å². The van der Waals surface area contributed by atoms with E-state index in [9.17, 15) is 9.90 Å². The van der Waals surface area contributed by atoms with Gasteiger partial charge in [0.1, 0.15) is 6.61 Å². The lowest BCUT2D eigenvalue weighted by molar-refractivity contribution is -0.152. The normalized spacial score (nSPS) is 31.8. The van der Waals surface area contributed by atoms with Crippen LogP contribution in [0.1, 0.15) is 80.1 Å². The molecule has 0 aliphatic heterocycles. The van der Waals surface area contributed by atoms with E-state index in [0.29, 0.717) is 23.2 Å². The van der Waals surface area contributed by atoms with Crippen LogP contribution in [0.4, 0.5) is 0 Å². The van der Waals surface area contributed by atoms with Crippen LogP contribution in [-0.4, -0.2) is 23.8 Å². The second kappa shape index (κ2) is 9.68. The van der Waals surface area contributed by atoms with Gasteiger partial charge in [0.2, 0.25) is 0 Å². The van der Waals surface area contributed by atoms with E-state index in [1.807, 2.05) is 27.7 Å². The third-order valence-electron chi connectivity index (χ3n) is 7.70. The van der Waals surface area contributed by atoms with Gasteiger partial charge < -0.3 is 9.84 Å². The molecule has 0 amide bonds. The third kappa shape index (κ3) is 5.55. The van der Waals surface area contributed by atoms with Gasteiger partial charge in [-0.05, 0) is 93.0 Å². The number of allylic oxidation sites excluding steroid dienone is 1. The highest BCUT2D eigenvalue weighted by Crippen LogP contribution is 2.60. The van der Waals surface area contributed by atoms with Gasteiger partial charge in [0.05, 0.1) is 11.5 Å². The monoisotopic (exact) mass is 468 g/mol. The van der Waals surface area contributed by atoms with Crippen molar-refractivity contribution in [3.63, 3.8) is 0 Å². The van der Waals surface area contributed by atoms with Crippen LogP contribution < -0.4 is 0 Å². The Labute approximate surface area is 186 Å². The smallest absolute Gasteiger partial charge is 0.311 e. The number of esters is 1. The third-order valence-corrected chi connectivity index (χ3v) is 8.29. The zero-order valence-corrected chi connectivity index (χ0v) is 20.8. The summed E-state index contributed by atoms with van der Waals surface area (Å²) < 4.78 is 5.39. The molecule has 0 aromatic heterocycles. The molecule has 0 heterocycles. The van der Waals surface area contributed by atoms with Crippen molar-refractivity contribution in [1.82, 2.24) is 0 Å². The highest BCUT2D eigenvalue weighted by Gasteiger charge is 2.50. The zero-order valence-electron chi connectivity index (χ0n) is 19.3. The summed E-state index contributed by atoms with van der Waals surface area (Å²) >= 11 is 3.59. The molecule has 6 atom stereocenters. The average molecular weight is 470 g/mol. The van der Waals surface area contributed by atoms with Crippen LogP contribution in [0, 0.1) is 34.5 Å². The van der Waals surface area contributed by atoms with Gasteiger partial charge in [-0.15, -0.1) is 0 Å². The molecule has 2 aliphatic rings. The van der Waals surface area contributed by atoms with Crippen molar-refractivity contribution in [2.45, 2.75) is 86.2 Å². The first-order valence-corrected chi connectivity index (χ1v) is 12.2. The maximum atomic E-state index is 12.0. The van der Waals surface area contributed by atoms with Gasteiger partial charge >= 0.3 is 5.97 Å². The first-order valence-electron chi connectivity index (χ1n) is 11.2. The van der Waals surface area contributed by atoms with Crippen LogP contribution in [0.25, 0.3) is 0 Å². The van der Waals surface area contributed by atoms with Gasteiger partial charge in [-0.1, -0.05) is 48.9 Å². The molecule has 1 N–H and O–H groups in total. The maximum Gasteiger partial charge on any atom is 0.311 e. The summed E-state index contributed by atoms with van der Waals surface area (Å²) in [7, 11) is 0. The number of hydrogen-bond acceptors (Lipinski definition) is 3. The Morgan fingerprint density at radius 1 is 1.38 bits per heavy atom. The summed E-state index contributed by atoms with van der Waals surface area (Å²) in [5.41, 5.74) is 2.20. The quantitative estimate of drug-likeness (QED) is 0.335. The predicted molar refractivity (Wildman–Crippen MR) is 124 cm³/mol. The molecule has 2 saturated carbocycles. The van der Waals surface area contributed by atoms with Crippen LogP contribution in [-0.2, 0) is 9.53 Å². The topological polar surface area (TPSA) is 46.5 Å². The zero-order chi connectivity index (χ0) is 22.0. The predicted octanol–water partition coefficient (Wildman–Crippen LogP) is 6.65. The second-order valence-corrected chi connectivity index (χ2v) is 11.3. The number of fused-ring (bicyclic) bond motifs is 1. The van der Waals surface area contributed by atoms with Gasteiger partial charge in [0.25, 0.3) is 0 Å². The molecule has 2 aliphatic carbocycles. The van der Waals surface area contributed by atoms with Crippen molar-refractivity contribution in [2.24, 2.45) is 34.5 Å². The van der Waals surface area contributed by atoms with Crippen molar-refractivity contribution in [2.75, 3.05) is 6.61 Å². The van der Waals surface area contributed by atoms with Crippen LogP contribution >= 0.6 is 15.9 Å². The van der Waals surface area contributed by atoms with Crippen LogP contribution in [0.15, 0.2) is 22.7 Å². The fourth-order valence-electron chi connectivity index (χ4n) is 5.67. The minimum atomic E-state index is -0.520. The minimum absolute atomic E-state index is 0.0837. The highest BCUT2D eigenvalue weighted by atomic mass is 79.9. The molecule has 2 rings (SSSR count). The molecule has 0 radical (unpaired) electrons. The summed E-state index contributed by atoms with van der Waals surface area (Å²) in [5, 5.41) is 10.9. The largest absolute Gasteiger partial charge is 0.461 e. The molecule has 166 valence electrons. The summed E-state index contributed by atoms with van der Waals surface area (Å²) in [4.78, 5) is 14.2. The van der Waals surface area contributed by atoms with Crippen molar-refractivity contribution in [3.05, 3.63) is 22.7 Å². The fraction of sp³-hybridized carbons (Fsp3) is 0.800. The minimum Gasteiger partial charge on any atom is -0.461 e. The number of ether oxygens (including phenoxy) is 1. The van der Waals surface area contributed by atoms with E-state index in [-0.39, 0.29) is 18.5 Å². The molecular formula is C25H41BrO3. The van der Waals surface area contributed by atoms with Gasteiger partial charge in [0, 0.05) is 5.92 Å². The second-order valence-electron chi connectivity index (χ2n) is 10.8. The standard InChI is InChI=1S/C25H41BrO3/c1-16(20-10-11-21-19(14-26)9-8-12-25(20,21)7)13-22(27)18(3)17(2)15-29-23(28)24(4,5)6/h14,16,18,20-22,27H,2,8-13,15H2,1,3-7H3/t16-,18-,20-,21+,22-,25-/m1/s1. The Bertz CT molecular complexity index is 632. The number of rotatable bonds is 7. The van der Waals surface area contributed by atoms with Crippen molar-refractivity contribution in [3.8, 4) is 0 Å². The molecule has 0 aromatic rings. The number of hydrogen-bond donors (Lipinski definition) is 1. The van der Waals surface area contributed by atoms with Gasteiger partial charge in [-0.2, -0.15) is 0 Å². The lowest BCUT2D eigenvalue weighted by atomic mass is 9.61. The lowest BCUT2D eigenvalue weighted by Crippen LogP contribution is -2.37. The number of aliphatic hydroxyl groups excluding tert-OH is 1. The fourth-order valence-corrected chi connectivity index (χ4v) is 6.22. The maximum absolute atomic E-state index is 12.0. The Hall–Kier alpha value is -0.610. The van der Waals surface area contributed by atoms with E-state index < -0.39 is 11.5 Å². The van der Waals surface area contributed by atoms with Crippen molar-refractivity contribution in [1.29, 1.82) is 0 Å². The summed E-state index contributed by atoms with van der Waals surface area (Å²) in [6, 6.07) is 0. The number of aliphatic hydroxyl groups is 1. The Balaban J connectivity index is 1.93. The summed E-state index contributed by atoms with van der Waals surface area (Å²) in [5.74, 6) is 1.47. The van der Waals surface area contributed by atoms with E-state index in [4.69, 9.17) is 4.74 Å². The molecule has 0 spiro atoms. The molecule has 29 heavy (non-hydrogen) atoms. The van der Waals surface area contributed by atoms with E-state index in [1.165, 1.54) is 32.1 Å². The highest BCUT2D eigenvalue weighted by molar-refractivity contribution is 9.11. The Morgan fingerprint density at radius 3 is 2.62 bits per heavy atom. The van der Waals surface area contributed by atoms with E-state index in [2.05, 4.69) is 41.3 Å². The van der Waals surface area contributed by atoms with E-state index >= 15 is 0 Å². The van der Waals surface area contributed by atoms with Crippen molar-refractivity contribution < 1.29 is 14.6 Å². The Morgan fingerprint density at radius 2 is 2.03 bits per heavy atom. The molecular weight excluding hydrogens is 428 g/mol. The Kier molecular flexibility index (Phi) is 8.23. The molecule has 0 aromatic carbocycles. The van der Waals surface area contributed by atoms with Gasteiger partial charge in [-0.3, -0.25) is 4.79 Å².